The van der Waals surface area contributed by atoms with E-state index in [1.165, 1.54) is 0 Å². The van der Waals surface area contributed by atoms with Crippen LogP contribution in [-0.4, -0.2) is 4.98 Å². The van der Waals surface area contributed by atoms with E-state index in [1.807, 2.05) is 30.3 Å². The van der Waals surface area contributed by atoms with E-state index in [0.717, 1.165) is 16.3 Å². The second kappa shape index (κ2) is 3.99. The van der Waals surface area contributed by atoms with Gasteiger partial charge >= 0.3 is 0 Å². The Morgan fingerprint density at radius 3 is 2.21 bits per heavy atom. The van der Waals surface area contributed by atoms with Gasteiger partial charge in [0.15, 0.2) is 0 Å². The van der Waals surface area contributed by atoms with Gasteiger partial charge in [-0.2, -0.15) is 0 Å². The molecule has 3 heteroatoms. The molecule has 70 valence electrons. The maximum absolute atomic E-state index is 5.86. The number of aromatic nitrogens is 1. The molecule has 0 aliphatic carbocycles. The summed E-state index contributed by atoms with van der Waals surface area (Å²) < 4.78 is 0. The minimum absolute atomic E-state index is 0.685. The largest absolute Gasteiger partial charge is 0.256 e. The molecule has 0 atom stereocenters. The quantitative estimate of drug-likeness (QED) is 0.711. The standard InChI is InChI=1S/C11H7Cl2N/c12-9-3-1-8(2-4-9)11-7-10(13)5-6-14-11/h1-7H. The van der Waals surface area contributed by atoms with Gasteiger partial charge in [0.25, 0.3) is 0 Å². The molecule has 1 aromatic heterocycles. The van der Waals surface area contributed by atoms with E-state index < -0.39 is 0 Å². The van der Waals surface area contributed by atoms with Crippen LogP contribution >= 0.6 is 23.2 Å². The highest BCUT2D eigenvalue weighted by Crippen LogP contribution is 2.21. The summed E-state index contributed by atoms with van der Waals surface area (Å²) in [6.45, 7) is 0. The highest BCUT2D eigenvalue weighted by molar-refractivity contribution is 6.31. The molecule has 0 bridgehead atoms. The van der Waals surface area contributed by atoms with Crippen molar-refractivity contribution in [3.63, 3.8) is 0 Å². The molecule has 2 rings (SSSR count). The van der Waals surface area contributed by atoms with Crippen molar-refractivity contribution >= 4 is 23.2 Å². The van der Waals surface area contributed by atoms with Gasteiger partial charge < -0.3 is 0 Å². The molecule has 0 radical (unpaired) electrons. The van der Waals surface area contributed by atoms with Gasteiger partial charge in [0, 0.05) is 21.8 Å². The lowest BCUT2D eigenvalue weighted by Crippen LogP contribution is -1.81. The summed E-state index contributed by atoms with van der Waals surface area (Å²) in [6.07, 6.45) is 1.69. The predicted octanol–water partition coefficient (Wildman–Crippen LogP) is 4.06. The highest BCUT2D eigenvalue weighted by Gasteiger charge is 1.99. The molecule has 0 saturated heterocycles. The van der Waals surface area contributed by atoms with Gasteiger partial charge in [0.1, 0.15) is 0 Å². The van der Waals surface area contributed by atoms with Gasteiger partial charge in [-0.3, -0.25) is 4.98 Å². The molecular formula is C11H7Cl2N. The van der Waals surface area contributed by atoms with Crippen molar-refractivity contribution in [1.82, 2.24) is 4.98 Å². The molecule has 2 aromatic rings. The van der Waals surface area contributed by atoms with E-state index in [1.54, 1.807) is 12.3 Å². The second-order valence-corrected chi connectivity index (χ2v) is 3.74. The first-order chi connectivity index (χ1) is 6.75. The van der Waals surface area contributed by atoms with E-state index in [0.29, 0.717) is 5.02 Å². The maximum atomic E-state index is 5.86. The average molecular weight is 224 g/mol. The van der Waals surface area contributed by atoms with Crippen LogP contribution in [0.25, 0.3) is 11.3 Å². The van der Waals surface area contributed by atoms with Crippen LogP contribution in [0.5, 0.6) is 0 Å². The fourth-order valence-electron chi connectivity index (χ4n) is 1.18. The molecule has 0 N–H and O–H groups in total. The van der Waals surface area contributed by atoms with Crippen molar-refractivity contribution < 1.29 is 0 Å². The third kappa shape index (κ3) is 2.06. The zero-order valence-electron chi connectivity index (χ0n) is 7.24. The van der Waals surface area contributed by atoms with Gasteiger partial charge in [-0.1, -0.05) is 35.3 Å². The Morgan fingerprint density at radius 2 is 1.57 bits per heavy atom. The van der Waals surface area contributed by atoms with Gasteiger partial charge in [-0.25, -0.2) is 0 Å². The molecule has 0 unspecified atom stereocenters. The van der Waals surface area contributed by atoms with Crippen molar-refractivity contribution in [1.29, 1.82) is 0 Å². The van der Waals surface area contributed by atoms with Crippen LogP contribution in [0.1, 0.15) is 0 Å². The van der Waals surface area contributed by atoms with Gasteiger partial charge in [-0.15, -0.1) is 0 Å². The molecule has 1 nitrogen and oxygen atoms in total. The minimum atomic E-state index is 0.685. The number of hydrogen-bond acceptors (Lipinski definition) is 1. The topological polar surface area (TPSA) is 12.9 Å². The first kappa shape index (κ1) is 9.50. The van der Waals surface area contributed by atoms with Crippen LogP contribution in [0.15, 0.2) is 42.6 Å². The van der Waals surface area contributed by atoms with Crippen molar-refractivity contribution in [3.05, 3.63) is 52.6 Å². The summed E-state index contributed by atoms with van der Waals surface area (Å²) in [7, 11) is 0. The molecule has 1 heterocycles. The Hall–Kier alpha value is -1.05. The van der Waals surface area contributed by atoms with Gasteiger partial charge in [0.2, 0.25) is 0 Å². The summed E-state index contributed by atoms with van der Waals surface area (Å²) in [5.41, 5.74) is 1.87. The van der Waals surface area contributed by atoms with Crippen LogP contribution in [-0.2, 0) is 0 Å². The third-order valence-corrected chi connectivity index (χ3v) is 2.35. The van der Waals surface area contributed by atoms with E-state index in [-0.39, 0.29) is 0 Å². The minimum Gasteiger partial charge on any atom is -0.256 e. The molecule has 0 aliphatic rings. The van der Waals surface area contributed by atoms with E-state index >= 15 is 0 Å². The van der Waals surface area contributed by atoms with E-state index in [4.69, 9.17) is 23.2 Å². The molecule has 0 fully saturated rings. The van der Waals surface area contributed by atoms with Crippen LogP contribution in [0.3, 0.4) is 0 Å². The average Bonchev–Trinajstić information content (AvgIpc) is 2.19. The smallest absolute Gasteiger partial charge is 0.0716 e. The Bertz CT molecular complexity index is 437. The van der Waals surface area contributed by atoms with Crippen molar-refractivity contribution in [2.75, 3.05) is 0 Å². The normalized spacial score (nSPS) is 10.1. The lowest BCUT2D eigenvalue weighted by molar-refractivity contribution is 1.33. The van der Waals surface area contributed by atoms with Crippen molar-refractivity contribution in [3.8, 4) is 11.3 Å². The summed E-state index contributed by atoms with van der Waals surface area (Å²) in [6, 6.07) is 11.1. The monoisotopic (exact) mass is 223 g/mol. The van der Waals surface area contributed by atoms with E-state index in [9.17, 15) is 0 Å². The molecule has 0 spiro atoms. The van der Waals surface area contributed by atoms with Crippen molar-refractivity contribution in [2.24, 2.45) is 0 Å². The fraction of sp³-hybridized carbons (Fsp3) is 0. The Kier molecular flexibility index (Phi) is 2.71. The lowest BCUT2D eigenvalue weighted by Gasteiger charge is -2.00. The summed E-state index contributed by atoms with van der Waals surface area (Å²) in [4.78, 5) is 4.21. The second-order valence-electron chi connectivity index (χ2n) is 2.87. The predicted molar refractivity (Wildman–Crippen MR) is 59.7 cm³/mol. The summed E-state index contributed by atoms with van der Waals surface area (Å²) >= 11 is 11.6. The number of pyridine rings is 1. The van der Waals surface area contributed by atoms with E-state index in [2.05, 4.69) is 4.98 Å². The number of hydrogen-bond donors (Lipinski definition) is 0. The molecule has 14 heavy (non-hydrogen) atoms. The van der Waals surface area contributed by atoms with Crippen LogP contribution in [0, 0.1) is 0 Å². The fourth-order valence-corrected chi connectivity index (χ4v) is 1.47. The molecule has 1 aromatic carbocycles. The summed E-state index contributed by atoms with van der Waals surface area (Å²) in [5, 5.41) is 1.40. The Morgan fingerprint density at radius 1 is 0.857 bits per heavy atom. The molecule has 0 saturated carbocycles. The summed E-state index contributed by atoms with van der Waals surface area (Å²) in [5.74, 6) is 0. The first-order valence-electron chi connectivity index (χ1n) is 4.13. The molecule has 0 amide bonds. The number of nitrogens with zero attached hydrogens (tertiary/aromatic N) is 1. The number of benzene rings is 1. The first-order valence-corrected chi connectivity index (χ1v) is 4.89. The zero-order valence-corrected chi connectivity index (χ0v) is 8.76. The number of halogens is 2. The Balaban J connectivity index is 2.44. The van der Waals surface area contributed by atoms with Crippen molar-refractivity contribution in [2.45, 2.75) is 0 Å². The number of rotatable bonds is 1. The zero-order chi connectivity index (χ0) is 9.97. The third-order valence-electron chi connectivity index (χ3n) is 1.86. The van der Waals surface area contributed by atoms with Crippen LogP contribution in [0.4, 0.5) is 0 Å². The highest BCUT2D eigenvalue weighted by atomic mass is 35.5. The van der Waals surface area contributed by atoms with Gasteiger partial charge in [-0.05, 0) is 24.3 Å². The Labute approximate surface area is 92.3 Å². The maximum Gasteiger partial charge on any atom is 0.0716 e. The SMILES string of the molecule is Clc1ccc(-c2cc(Cl)ccn2)cc1. The lowest BCUT2D eigenvalue weighted by atomic mass is 10.1. The molecule has 0 aliphatic heterocycles. The molecular weight excluding hydrogens is 217 g/mol. The van der Waals surface area contributed by atoms with Crippen LogP contribution in [0.2, 0.25) is 10.0 Å². The van der Waals surface area contributed by atoms with Crippen LogP contribution < -0.4 is 0 Å². The van der Waals surface area contributed by atoms with Gasteiger partial charge in [0.05, 0.1) is 5.69 Å².